The summed E-state index contributed by atoms with van der Waals surface area (Å²) in [7, 11) is 0. The second-order valence-corrected chi connectivity index (χ2v) is 5.13. The Morgan fingerprint density at radius 2 is 1.55 bits per heavy atom. The molecule has 0 rings (SSSR count). The lowest BCUT2D eigenvalue weighted by molar-refractivity contribution is -0.155. The molecule has 8 nitrogen and oxygen atoms in total. The van der Waals surface area contributed by atoms with Crippen molar-refractivity contribution in [3.05, 3.63) is 0 Å². The zero-order chi connectivity index (χ0) is 17.2. The minimum atomic E-state index is -0.958. The molecule has 0 aliphatic rings. The fraction of sp³-hybridized carbons (Fsp3) is 0.714. The van der Waals surface area contributed by atoms with Crippen LogP contribution in [0.4, 0.5) is 4.79 Å². The number of hydrogen-bond donors (Lipinski definition) is 1. The van der Waals surface area contributed by atoms with Crippen LogP contribution in [0, 0.1) is 5.41 Å². The predicted octanol–water partition coefficient (Wildman–Crippen LogP) is 0.824. The molecule has 0 fully saturated rings. The van der Waals surface area contributed by atoms with Crippen molar-refractivity contribution in [3.63, 3.8) is 0 Å². The van der Waals surface area contributed by atoms with Crippen molar-refractivity contribution in [2.24, 2.45) is 5.41 Å². The van der Waals surface area contributed by atoms with Gasteiger partial charge in [-0.3, -0.25) is 9.59 Å². The first-order valence-electron chi connectivity index (χ1n) is 6.96. The number of alkyl carbamates (subject to hydrolysis) is 1. The second-order valence-electron chi connectivity index (χ2n) is 5.13. The number of carbonyl (C=O) groups excluding carboxylic acids is 4. The lowest BCUT2D eigenvalue weighted by Gasteiger charge is -2.20. The number of esters is 2. The Hall–Kier alpha value is -2.12. The van der Waals surface area contributed by atoms with E-state index in [9.17, 15) is 19.2 Å². The van der Waals surface area contributed by atoms with Gasteiger partial charge in [-0.2, -0.15) is 0 Å². The highest BCUT2D eigenvalue weighted by Crippen LogP contribution is 2.21. The highest BCUT2D eigenvalue weighted by atomic mass is 16.6. The first kappa shape index (κ1) is 19.9. The van der Waals surface area contributed by atoms with Crippen molar-refractivity contribution in [2.45, 2.75) is 34.1 Å². The number of ketones is 1. The minimum absolute atomic E-state index is 0.0144. The largest absolute Gasteiger partial charge is 0.462 e. The average Bonchev–Trinajstić information content (AvgIpc) is 2.47. The SMILES string of the molecule is CCC(C)(C)C(=O)OCCOC(=O)NCCOC(=O)C(C)=O. The van der Waals surface area contributed by atoms with Gasteiger partial charge in [0.2, 0.25) is 5.78 Å². The van der Waals surface area contributed by atoms with Crippen LogP contribution in [0.5, 0.6) is 0 Å². The molecule has 0 heterocycles. The molecule has 22 heavy (non-hydrogen) atoms. The Morgan fingerprint density at radius 3 is 2.09 bits per heavy atom. The highest BCUT2D eigenvalue weighted by Gasteiger charge is 2.26. The van der Waals surface area contributed by atoms with Gasteiger partial charge < -0.3 is 19.5 Å². The number of carbonyl (C=O) groups is 4. The van der Waals surface area contributed by atoms with Crippen LogP contribution in [-0.2, 0) is 28.6 Å². The monoisotopic (exact) mass is 317 g/mol. The van der Waals surface area contributed by atoms with E-state index in [2.05, 4.69) is 10.1 Å². The number of ether oxygens (including phenoxy) is 3. The van der Waals surface area contributed by atoms with E-state index in [4.69, 9.17) is 9.47 Å². The molecule has 126 valence electrons. The molecule has 0 bridgehead atoms. The maximum atomic E-state index is 11.6. The number of rotatable bonds is 9. The van der Waals surface area contributed by atoms with Crippen molar-refractivity contribution in [1.29, 1.82) is 0 Å². The normalized spacial score (nSPS) is 10.5. The summed E-state index contributed by atoms with van der Waals surface area (Å²) in [6.07, 6.45) is -0.0868. The van der Waals surface area contributed by atoms with Crippen LogP contribution in [0.25, 0.3) is 0 Å². The summed E-state index contributed by atoms with van der Waals surface area (Å²) in [4.78, 5) is 44.2. The van der Waals surface area contributed by atoms with Gasteiger partial charge in [-0.15, -0.1) is 0 Å². The van der Waals surface area contributed by atoms with Crippen LogP contribution >= 0.6 is 0 Å². The summed E-state index contributed by atoms with van der Waals surface area (Å²) in [5, 5.41) is 2.32. The van der Waals surface area contributed by atoms with Crippen molar-refractivity contribution < 1.29 is 33.4 Å². The number of amides is 1. The zero-order valence-corrected chi connectivity index (χ0v) is 13.4. The van der Waals surface area contributed by atoms with Crippen LogP contribution in [-0.4, -0.2) is 50.2 Å². The second kappa shape index (κ2) is 9.75. The van der Waals surface area contributed by atoms with Crippen molar-refractivity contribution in [1.82, 2.24) is 5.32 Å². The van der Waals surface area contributed by atoms with Crippen molar-refractivity contribution in [2.75, 3.05) is 26.4 Å². The van der Waals surface area contributed by atoms with Crippen LogP contribution in [0.15, 0.2) is 0 Å². The van der Waals surface area contributed by atoms with Gasteiger partial charge in [-0.05, 0) is 20.3 Å². The fourth-order valence-electron chi connectivity index (χ4n) is 1.06. The molecule has 0 saturated heterocycles. The van der Waals surface area contributed by atoms with E-state index < -0.39 is 23.3 Å². The van der Waals surface area contributed by atoms with Gasteiger partial charge in [0.05, 0.1) is 12.0 Å². The lowest BCUT2D eigenvalue weighted by atomic mass is 9.91. The Kier molecular flexibility index (Phi) is 8.81. The van der Waals surface area contributed by atoms with Crippen molar-refractivity contribution >= 4 is 23.8 Å². The van der Waals surface area contributed by atoms with E-state index in [1.165, 1.54) is 0 Å². The highest BCUT2D eigenvalue weighted by molar-refractivity contribution is 6.32. The predicted molar refractivity (Wildman–Crippen MR) is 76.0 cm³/mol. The average molecular weight is 317 g/mol. The summed E-state index contributed by atoms with van der Waals surface area (Å²) < 4.78 is 14.3. The van der Waals surface area contributed by atoms with Crippen LogP contribution in [0.1, 0.15) is 34.1 Å². The number of nitrogens with one attached hydrogen (secondary N) is 1. The zero-order valence-electron chi connectivity index (χ0n) is 13.4. The molecule has 0 aliphatic carbocycles. The smallest absolute Gasteiger partial charge is 0.407 e. The maximum Gasteiger partial charge on any atom is 0.407 e. The molecule has 0 radical (unpaired) electrons. The molecule has 0 aromatic carbocycles. The van der Waals surface area contributed by atoms with Crippen LogP contribution in [0.2, 0.25) is 0 Å². The standard InChI is InChI=1S/C14H23NO7/c1-5-14(3,4)12(18)21-8-9-22-13(19)15-6-7-20-11(17)10(2)16/h5-9H2,1-4H3,(H,15,19). The minimum Gasteiger partial charge on any atom is -0.462 e. The van der Waals surface area contributed by atoms with Gasteiger partial charge in [0, 0.05) is 6.92 Å². The van der Waals surface area contributed by atoms with Gasteiger partial charge in [-0.25, -0.2) is 9.59 Å². The quantitative estimate of drug-likeness (QED) is 0.290. The summed E-state index contributed by atoms with van der Waals surface area (Å²) in [6.45, 7) is 6.28. The Balaban J connectivity index is 3.69. The van der Waals surface area contributed by atoms with Crippen LogP contribution in [0.3, 0.4) is 0 Å². The maximum absolute atomic E-state index is 11.6. The summed E-state index contributed by atoms with van der Waals surface area (Å²) in [5.74, 6) is -2.02. The molecule has 1 N–H and O–H groups in total. The number of hydrogen-bond acceptors (Lipinski definition) is 7. The molecule has 0 aliphatic heterocycles. The van der Waals surface area contributed by atoms with E-state index in [0.29, 0.717) is 6.42 Å². The van der Waals surface area contributed by atoms with Gasteiger partial charge in [-0.1, -0.05) is 6.92 Å². The molecule has 0 aromatic rings. The van der Waals surface area contributed by atoms with E-state index in [0.717, 1.165) is 6.92 Å². The van der Waals surface area contributed by atoms with E-state index in [1.54, 1.807) is 13.8 Å². The van der Waals surface area contributed by atoms with Gasteiger partial charge >= 0.3 is 18.0 Å². The number of Topliss-reactive ketones (excluding diaryl/α,β-unsaturated/α-hetero) is 1. The van der Waals surface area contributed by atoms with Crippen molar-refractivity contribution in [3.8, 4) is 0 Å². The first-order chi connectivity index (χ1) is 10.2. The summed E-state index contributed by atoms with van der Waals surface area (Å²) in [5.41, 5.74) is -0.567. The lowest BCUT2D eigenvalue weighted by Crippen LogP contribution is -2.31. The third-order valence-corrected chi connectivity index (χ3v) is 2.88. The van der Waals surface area contributed by atoms with E-state index in [-0.39, 0.29) is 32.3 Å². The summed E-state index contributed by atoms with van der Waals surface area (Å²) >= 11 is 0. The van der Waals surface area contributed by atoms with Gasteiger partial charge in [0.15, 0.2) is 0 Å². The van der Waals surface area contributed by atoms with Gasteiger partial charge in [0.25, 0.3) is 0 Å². The first-order valence-corrected chi connectivity index (χ1v) is 6.96. The molecule has 8 heteroatoms. The Bertz CT molecular complexity index is 417. The molecular weight excluding hydrogens is 294 g/mol. The molecule has 0 unspecified atom stereocenters. The Morgan fingerprint density at radius 1 is 0.955 bits per heavy atom. The fourth-order valence-corrected chi connectivity index (χ4v) is 1.06. The van der Waals surface area contributed by atoms with E-state index >= 15 is 0 Å². The molecule has 0 aromatic heterocycles. The molecular formula is C14H23NO7. The third kappa shape index (κ3) is 8.23. The summed E-state index contributed by atoms with van der Waals surface area (Å²) in [6, 6.07) is 0. The topological polar surface area (TPSA) is 108 Å². The molecule has 0 spiro atoms. The molecule has 0 saturated carbocycles. The van der Waals surface area contributed by atoms with Crippen LogP contribution < -0.4 is 5.32 Å². The third-order valence-electron chi connectivity index (χ3n) is 2.88. The van der Waals surface area contributed by atoms with E-state index in [1.807, 2.05) is 6.92 Å². The molecule has 1 amide bonds. The van der Waals surface area contributed by atoms with Gasteiger partial charge in [0.1, 0.15) is 19.8 Å². The molecule has 0 atom stereocenters. The Labute approximate surface area is 129 Å².